The van der Waals surface area contributed by atoms with Crippen LogP contribution >= 0.6 is 11.6 Å². The summed E-state index contributed by atoms with van der Waals surface area (Å²) < 4.78 is 0. The molecule has 4 heteroatoms. The van der Waals surface area contributed by atoms with E-state index in [0.29, 0.717) is 17.1 Å². The Morgan fingerprint density at radius 3 is 2.76 bits per heavy atom. The Morgan fingerprint density at radius 2 is 2.24 bits per heavy atom. The van der Waals surface area contributed by atoms with E-state index in [2.05, 4.69) is 11.4 Å². The first kappa shape index (κ1) is 12.4. The van der Waals surface area contributed by atoms with Gasteiger partial charge in [-0.15, -0.1) is 0 Å². The number of nitriles is 1. The van der Waals surface area contributed by atoms with Crippen molar-refractivity contribution in [3.8, 4) is 6.07 Å². The maximum absolute atomic E-state index is 9.17. The van der Waals surface area contributed by atoms with E-state index in [1.54, 1.807) is 12.1 Å². The van der Waals surface area contributed by atoms with Crippen LogP contribution in [0.3, 0.4) is 0 Å². The smallest absolute Gasteiger partial charge is 0.0992 e. The molecule has 1 aromatic carbocycles. The molecule has 2 N–H and O–H groups in total. The van der Waals surface area contributed by atoms with Crippen molar-refractivity contribution < 1.29 is 5.11 Å². The zero-order chi connectivity index (χ0) is 12.3. The van der Waals surface area contributed by atoms with Crippen LogP contribution in [0.1, 0.15) is 24.0 Å². The third kappa shape index (κ3) is 2.98. The number of aliphatic hydroxyl groups is 1. The number of rotatable bonds is 5. The Bertz CT molecular complexity index is 449. The van der Waals surface area contributed by atoms with Gasteiger partial charge in [0, 0.05) is 30.1 Å². The van der Waals surface area contributed by atoms with E-state index in [9.17, 15) is 5.11 Å². The van der Waals surface area contributed by atoms with Crippen LogP contribution in [-0.2, 0) is 6.54 Å². The fraction of sp³-hybridized carbons (Fsp3) is 0.462. The Balaban J connectivity index is 1.89. The SMILES string of the molecule is N#Cc1ccc(CNCC2(CO)CC2)c(Cl)c1. The lowest BCUT2D eigenvalue weighted by molar-refractivity contribution is 0.207. The van der Waals surface area contributed by atoms with Gasteiger partial charge in [0.15, 0.2) is 0 Å². The third-order valence-electron chi connectivity index (χ3n) is 3.29. The van der Waals surface area contributed by atoms with Crippen LogP contribution in [0.4, 0.5) is 0 Å². The van der Waals surface area contributed by atoms with Gasteiger partial charge in [-0.1, -0.05) is 17.7 Å². The summed E-state index contributed by atoms with van der Waals surface area (Å²) in [5.41, 5.74) is 1.67. The van der Waals surface area contributed by atoms with Crippen molar-refractivity contribution in [1.29, 1.82) is 5.26 Å². The molecule has 1 saturated carbocycles. The molecular weight excluding hydrogens is 236 g/mol. The highest BCUT2D eigenvalue weighted by molar-refractivity contribution is 6.31. The second kappa shape index (κ2) is 5.05. The van der Waals surface area contributed by atoms with Gasteiger partial charge in [0.25, 0.3) is 0 Å². The van der Waals surface area contributed by atoms with Crippen LogP contribution in [0.15, 0.2) is 18.2 Å². The van der Waals surface area contributed by atoms with Crippen molar-refractivity contribution >= 4 is 11.6 Å². The van der Waals surface area contributed by atoms with E-state index < -0.39 is 0 Å². The van der Waals surface area contributed by atoms with Crippen molar-refractivity contribution in [1.82, 2.24) is 5.32 Å². The van der Waals surface area contributed by atoms with E-state index in [4.69, 9.17) is 16.9 Å². The second-order valence-corrected chi connectivity index (χ2v) is 5.09. The highest BCUT2D eigenvalue weighted by Crippen LogP contribution is 2.44. The highest BCUT2D eigenvalue weighted by atomic mass is 35.5. The first-order valence-corrected chi connectivity index (χ1v) is 6.07. The van der Waals surface area contributed by atoms with Gasteiger partial charge >= 0.3 is 0 Å². The molecule has 0 saturated heterocycles. The minimum atomic E-state index is 0.110. The van der Waals surface area contributed by atoms with E-state index in [0.717, 1.165) is 24.9 Å². The molecule has 0 heterocycles. The molecule has 0 radical (unpaired) electrons. The zero-order valence-corrected chi connectivity index (χ0v) is 10.3. The second-order valence-electron chi connectivity index (χ2n) is 4.68. The number of nitrogens with zero attached hydrogens (tertiary/aromatic N) is 1. The lowest BCUT2D eigenvalue weighted by atomic mass is 10.1. The molecule has 17 heavy (non-hydrogen) atoms. The first-order valence-electron chi connectivity index (χ1n) is 5.69. The molecule has 1 aromatic rings. The summed E-state index contributed by atoms with van der Waals surface area (Å²) in [6.07, 6.45) is 2.19. The van der Waals surface area contributed by atoms with E-state index >= 15 is 0 Å². The van der Waals surface area contributed by atoms with Crippen LogP contribution in [0.2, 0.25) is 5.02 Å². The molecular formula is C13H15ClN2O. The fourth-order valence-corrected chi connectivity index (χ4v) is 2.04. The molecule has 90 valence electrons. The number of benzene rings is 1. The zero-order valence-electron chi connectivity index (χ0n) is 9.54. The predicted molar refractivity (Wildman–Crippen MR) is 66.6 cm³/mol. The van der Waals surface area contributed by atoms with Crippen molar-refractivity contribution in [3.63, 3.8) is 0 Å². The summed E-state index contributed by atoms with van der Waals surface area (Å²) >= 11 is 6.07. The standard InChI is InChI=1S/C13H15ClN2O/c14-12-5-10(6-15)1-2-11(12)7-16-8-13(9-17)3-4-13/h1-2,5,16-17H,3-4,7-9H2. The molecule has 2 rings (SSSR count). The van der Waals surface area contributed by atoms with Gasteiger partial charge in [0.2, 0.25) is 0 Å². The summed E-state index contributed by atoms with van der Waals surface area (Å²) in [4.78, 5) is 0. The van der Waals surface area contributed by atoms with E-state index in [1.165, 1.54) is 0 Å². The van der Waals surface area contributed by atoms with E-state index in [1.807, 2.05) is 6.07 Å². The molecule has 3 nitrogen and oxygen atoms in total. The molecule has 0 amide bonds. The first-order chi connectivity index (χ1) is 8.19. The largest absolute Gasteiger partial charge is 0.396 e. The normalized spacial score (nSPS) is 16.5. The number of hydrogen-bond acceptors (Lipinski definition) is 3. The molecule has 1 aliphatic carbocycles. The van der Waals surface area contributed by atoms with Crippen LogP contribution < -0.4 is 5.32 Å². The molecule has 0 bridgehead atoms. The molecule has 0 unspecified atom stereocenters. The lowest BCUT2D eigenvalue weighted by Gasteiger charge is -2.13. The lowest BCUT2D eigenvalue weighted by Crippen LogP contribution is -2.26. The van der Waals surface area contributed by atoms with E-state index in [-0.39, 0.29) is 12.0 Å². The maximum Gasteiger partial charge on any atom is 0.0992 e. The number of aliphatic hydroxyl groups excluding tert-OH is 1. The summed E-state index contributed by atoms with van der Waals surface area (Å²) in [6, 6.07) is 7.37. The minimum absolute atomic E-state index is 0.110. The number of nitrogens with one attached hydrogen (secondary N) is 1. The van der Waals surface area contributed by atoms with Crippen molar-refractivity contribution in [2.24, 2.45) is 5.41 Å². The quantitative estimate of drug-likeness (QED) is 0.841. The van der Waals surface area contributed by atoms with Crippen LogP contribution in [0.25, 0.3) is 0 Å². The Morgan fingerprint density at radius 1 is 1.47 bits per heavy atom. The molecule has 0 atom stereocenters. The Hall–Kier alpha value is -1.08. The average molecular weight is 251 g/mol. The molecule has 1 fully saturated rings. The molecule has 0 spiro atoms. The molecule has 0 aliphatic heterocycles. The summed E-state index contributed by atoms with van der Waals surface area (Å²) in [5, 5.41) is 21.8. The van der Waals surface area contributed by atoms with Crippen LogP contribution in [0.5, 0.6) is 0 Å². The monoisotopic (exact) mass is 250 g/mol. The topological polar surface area (TPSA) is 56.0 Å². The molecule has 1 aliphatic rings. The van der Waals surface area contributed by atoms with Gasteiger partial charge in [-0.05, 0) is 30.5 Å². The Kier molecular flexibility index (Phi) is 3.68. The van der Waals surface area contributed by atoms with Gasteiger partial charge in [-0.2, -0.15) is 5.26 Å². The summed E-state index contributed by atoms with van der Waals surface area (Å²) in [7, 11) is 0. The predicted octanol–water partition coefficient (Wildman–Crippen LogP) is 2.07. The fourth-order valence-electron chi connectivity index (χ4n) is 1.79. The minimum Gasteiger partial charge on any atom is -0.396 e. The van der Waals surface area contributed by atoms with Crippen LogP contribution in [-0.4, -0.2) is 18.3 Å². The van der Waals surface area contributed by atoms with Crippen molar-refractivity contribution in [2.45, 2.75) is 19.4 Å². The van der Waals surface area contributed by atoms with Crippen molar-refractivity contribution in [3.05, 3.63) is 34.3 Å². The number of halogens is 1. The maximum atomic E-state index is 9.17. The number of hydrogen-bond donors (Lipinski definition) is 2. The summed E-state index contributed by atoms with van der Waals surface area (Å²) in [6.45, 7) is 1.74. The highest BCUT2D eigenvalue weighted by Gasteiger charge is 2.41. The Labute approximate surface area is 106 Å². The third-order valence-corrected chi connectivity index (χ3v) is 3.64. The van der Waals surface area contributed by atoms with Crippen molar-refractivity contribution in [2.75, 3.05) is 13.2 Å². The molecule has 0 aromatic heterocycles. The van der Waals surface area contributed by atoms with Gasteiger partial charge < -0.3 is 10.4 Å². The van der Waals surface area contributed by atoms with Crippen LogP contribution in [0, 0.1) is 16.7 Å². The van der Waals surface area contributed by atoms with Gasteiger partial charge in [-0.25, -0.2) is 0 Å². The average Bonchev–Trinajstić information content (AvgIpc) is 3.12. The van der Waals surface area contributed by atoms with Gasteiger partial charge in [-0.3, -0.25) is 0 Å². The van der Waals surface area contributed by atoms with Gasteiger partial charge in [0.1, 0.15) is 0 Å². The summed E-state index contributed by atoms with van der Waals surface area (Å²) in [5.74, 6) is 0. The van der Waals surface area contributed by atoms with Gasteiger partial charge in [0.05, 0.1) is 11.6 Å².